The van der Waals surface area contributed by atoms with Crippen LogP contribution < -0.4 is 4.90 Å². The van der Waals surface area contributed by atoms with Crippen LogP contribution in [0.4, 0.5) is 5.69 Å². The van der Waals surface area contributed by atoms with Crippen molar-refractivity contribution < 1.29 is 9.90 Å². The van der Waals surface area contributed by atoms with Gasteiger partial charge in [-0.2, -0.15) is 0 Å². The minimum atomic E-state index is -1.01. The van der Waals surface area contributed by atoms with Gasteiger partial charge in [0.1, 0.15) is 0 Å². The summed E-state index contributed by atoms with van der Waals surface area (Å²) >= 11 is 0. The van der Waals surface area contributed by atoms with Crippen molar-refractivity contribution in [1.29, 1.82) is 0 Å². The Bertz CT molecular complexity index is 672. The molecule has 1 fully saturated rings. The summed E-state index contributed by atoms with van der Waals surface area (Å²) in [5, 5.41) is 18.3. The van der Waals surface area contributed by atoms with E-state index in [1.165, 1.54) is 6.42 Å². The van der Waals surface area contributed by atoms with Gasteiger partial charge in [0.15, 0.2) is 5.69 Å². The predicted octanol–water partition coefficient (Wildman–Crippen LogP) is 2.95. The van der Waals surface area contributed by atoms with Crippen molar-refractivity contribution in [3.63, 3.8) is 0 Å². The van der Waals surface area contributed by atoms with Crippen LogP contribution in [0.2, 0.25) is 0 Å². The van der Waals surface area contributed by atoms with E-state index in [0.717, 1.165) is 42.5 Å². The lowest BCUT2D eigenvalue weighted by atomic mass is 9.94. The van der Waals surface area contributed by atoms with Gasteiger partial charge in [-0.15, -0.1) is 10.2 Å². The molecule has 0 aliphatic carbocycles. The molecule has 0 saturated carbocycles. The van der Waals surface area contributed by atoms with Crippen molar-refractivity contribution in [2.45, 2.75) is 26.2 Å². The number of carboxylic acid groups (broad SMARTS) is 1. The Kier molecular flexibility index (Phi) is 3.73. The second-order valence-electron chi connectivity index (χ2n) is 5.58. The van der Waals surface area contributed by atoms with Crippen LogP contribution in [0.25, 0.3) is 10.9 Å². The van der Waals surface area contributed by atoms with Crippen LogP contribution in [0.15, 0.2) is 24.3 Å². The van der Waals surface area contributed by atoms with Gasteiger partial charge in [-0.3, -0.25) is 0 Å². The van der Waals surface area contributed by atoms with Crippen LogP contribution in [0.3, 0.4) is 0 Å². The summed E-state index contributed by atoms with van der Waals surface area (Å²) < 4.78 is 0. The smallest absolute Gasteiger partial charge is 0.358 e. The molecule has 110 valence electrons. The van der Waals surface area contributed by atoms with Crippen LogP contribution in [0, 0.1) is 5.92 Å². The number of carbonyl (C=O) groups is 1. The molecular weight excluding hydrogens is 266 g/mol. The molecule has 21 heavy (non-hydrogen) atoms. The summed E-state index contributed by atoms with van der Waals surface area (Å²) in [5.74, 6) is -0.394. The monoisotopic (exact) mass is 285 g/mol. The van der Waals surface area contributed by atoms with E-state index in [0.29, 0.717) is 5.92 Å². The maximum Gasteiger partial charge on any atom is 0.358 e. The summed E-state index contributed by atoms with van der Waals surface area (Å²) in [6, 6.07) is 7.62. The molecule has 0 bridgehead atoms. The van der Waals surface area contributed by atoms with Crippen LogP contribution in [-0.4, -0.2) is 34.4 Å². The number of benzene rings is 1. The van der Waals surface area contributed by atoms with Crippen LogP contribution >= 0.6 is 0 Å². The SMILES string of the molecule is CCC1CCCN(c2c(C(=O)O)nnc3ccccc23)C1. The number of carboxylic acids is 1. The Morgan fingerprint density at radius 1 is 1.38 bits per heavy atom. The number of hydrogen-bond donors (Lipinski definition) is 1. The normalized spacial score (nSPS) is 18.9. The fourth-order valence-electron chi connectivity index (χ4n) is 3.11. The number of aromatic nitrogens is 2. The first-order valence-corrected chi connectivity index (χ1v) is 7.44. The molecule has 3 rings (SSSR count). The van der Waals surface area contributed by atoms with E-state index in [1.54, 1.807) is 0 Å². The molecule has 5 heteroatoms. The van der Waals surface area contributed by atoms with Crippen molar-refractivity contribution in [2.24, 2.45) is 5.92 Å². The van der Waals surface area contributed by atoms with Gasteiger partial charge in [-0.05, 0) is 24.8 Å². The second-order valence-corrected chi connectivity index (χ2v) is 5.58. The molecule has 1 N–H and O–H groups in total. The number of fused-ring (bicyclic) bond motifs is 1. The van der Waals surface area contributed by atoms with E-state index in [2.05, 4.69) is 22.0 Å². The third-order valence-electron chi connectivity index (χ3n) is 4.26. The van der Waals surface area contributed by atoms with Crippen molar-refractivity contribution >= 4 is 22.6 Å². The third kappa shape index (κ3) is 2.55. The van der Waals surface area contributed by atoms with Crippen molar-refractivity contribution in [3.8, 4) is 0 Å². The Hall–Kier alpha value is -2.17. The summed E-state index contributed by atoms with van der Waals surface area (Å²) in [6.45, 7) is 3.97. The summed E-state index contributed by atoms with van der Waals surface area (Å²) in [6.07, 6.45) is 3.43. The molecule has 1 unspecified atom stereocenters. The van der Waals surface area contributed by atoms with Crippen molar-refractivity contribution in [2.75, 3.05) is 18.0 Å². The molecule has 2 heterocycles. The highest BCUT2D eigenvalue weighted by molar-refractivity contribution is 6.02. The zero-order chi connectivity index (χ0) is 14.8. The number of hydrogen-bond acceptors (Lipinski definition) is 4. The first-order valence-electron chi connectivity index (χ1n) is 7.44. The van der Waals surface area contributed by atoms with Gasteiger partial charge in [0.05, 0.1) is 11.2 Å². The van der Waals surface area contributed by atoms with E-state index in [1.807, 2.05) is 24.3 Å². The molecule has 1 aliphatic rings. The molecule has 1 aliphatic heterocycles. The summed E-state index contributed by atoms with van der Waals surface area (Å²) in [5.41, 5.74) is 1.54. The number of nitrogens with zero attached hydrogens (tertiary/aromatic N) is 3. The van der Waals surface area contributed by atoms with E-state index >= 15 is 0 Å². The Morgan fingerprint density at radius 2 is 2.19 bits per heavy atom. The minimum Gasteiger partial charge on any atom is -0.476 e. The highest BCUT2D eigenvalue weighted by Gasteiger charge is 2.26. The lowest BCUT2D eigenvalue weighted by molar-refractivity contribution is 0.0690. The van der Waals surface area contributed by atoms with Gasteiger partial charge in [0.2, 0.25) is 0 Å². The van der Waals surface area contributed by atoms with Crippen LogP contribution in [-0.2, 0) is 0 Å². The Labute approximate surface area is 123 Å². The van der Waals surface area contributed by atoms with Gasteiger partial charge in [-0.25, -0.2) is 4.79 Å². The molecule has 0 amide bonds. The molecule has 0 spiro atoms. The highest BCUT2D eigenvalue weighted by Crippen LogP contribution is 2.32. The molecule has 0 radical (unpaired) electrons. The number of piperidine rings is 1. The largest absolute Gasteiger partial charge is 0.476 e. The zero-order valence-corrected chi connectivity index (χ0v) is 12.1. The Balaban J connectivity index is 2.14. The van der Waals surface area contributed by atoms with E-state index in [9.17, 15) is 9.90 Å². The average molecular weight is 285 g/mol. The molecule has 1 aromatic heterocycles. The van der Waals surface area contributed by atoms with Gasteiger partial charge < -0.3 is 10.0 Å². The lowest BCUT2D eigenvalue weighted by Gasteiger charge is -2.34. The van der Waals surface area contributed by atoms with E-state index < -0.39 is 5.97 Å². The number of aromatic carboxylic acids is 1. The number of anilines is 1. The quantitative estimate of drug-likeness (QED) is 0.939. The third-order valence-corrected chi connectivity index (χ3v) is 4.26. The fraction of sp³-hybridized carbons (Fsp3) is 0.438. The average Bonchev–Trinajstić information content (AvgIpc) is 2.53. The fourth-order valence-corrected chi connectivity index (χ4v) is 3.11. The van der Waals surface area contributed by atoms with Crippen molar-refractivity contribution in [3.05, 3.63) is 30.0 Å². The predicted molar refractivity (Wildman–Crippen MR) is 81.7 cm³/mol. The summed E-state index contributed by atoms with van der Waals surface area (Å²) in [4.78, 5) is 13.7. The topological polar surface area (TPSA) is 66.3 Å². The van der Waals surface area contributed by atoms with Gasteiger partial charge in [-0.1, -0.05) is 31.5 Å². The molecular formula is C16H19N3O2. The summed E-state index contributed by atoms with van der Waals surface area (Å²) in [7, 11) is 0. The molecule has 1 aromatic carbocycles. The lowest BCUT2D eigenvalue weighted by Crippen LogP contribution is -2.36. The standard InChI is InChI=1S/C16H19N3O2/c1-2-11-6-5-9-19(10-11)15-12-7-3-4-8-13(12)17-18-14(15)16(20)21/h3-4,7-8,11H,2,5-6,9-10H2,1H3,(H,20,21). The molecule has 1 saturated heterocycles. The van der Waals surface area contributed by atoms with Crippen LogP contribution in [0.5, 0.6) is 0 Å². The van der Waals surface area contributed by atoms with Crippen LogP contribution in [0.1, 0.15) is 36.7 Å². The molecule has 5 nitrogen and oxygen atoms in total. The first-order chi connectivity index (χ1) is 10.2. The maximum absolute atomic E-state index is 11.5. The first kappa shape index (κ1) is 13.8. The van der Waals surface area contributed by atoms with E-state index in [-0.39, 0.29) is 5.69 Å². The maximum atomic E-state index is 11.5. The Morgan fingerprint density at radius 3 is 2.95 bits per heavy atom. The highest BCUT2D eigenvalue weighted by atomic mass is 16.4. The number of rotatable bonds is 3. The van der Waals surface area contributed by atoms with Crippen molar-refractivity contribution in [1.82, 2.24) is 10.2 Å². The van der Waals surface area contributed by atoms with Gasteiger partial charge in [0, 0.05) is 18.5 Å². The minimum absolute atomic E-state index is 0.0606. The molecule has 2 aromatic rings. The molecule has 1 atom stereocenters. The van der Waals surface area contributed by atoms with Gasteiger partial charge in [0.25, 0.3) is 0 Å². The van der Waals surface area contributed by atoms with E-state index in [4.69, 9.17) is 0 Å². The second kappa shape index (κ2) is 5.68. The zero-order valence-electron chi connectivity index (χ0n) is 12.1. The van der Waals surface area contributed by atoms with Gasteiger partial charge >= 0.3 is 5.97 Å².